The Morgan fingerprint density at radius 2 is 0.539 bits per heavy atom. The molecule has 0 radical (unpaired) electrons. The summed E-state index contributed by atoms with van der Waals surface area (Å²) < 4.78 is 16.9. The summed E-state index contributed by atoms with van der Waals surface area (Å²) in [5.74, 6) is -0.974. The van der Waals surface area contributed by atoms with Crippen LogP contribution in [-0.2, 0) is 28.6 Å². The van der Waals surface area contributed by atoms with Crippen LogP contribution in [0.3, 0.4) is 0 Å². The van der Waals surface area contributed by atoms with E-state index in [4.69, 9.17) is 14.2 Å². The highest BCUT2D eigenvalue weighted by molar-refractivity contribution is 5.71. The minimum Gasteiger partial charge on any atom is -0.462 e. The summed E-state index contributed by atoms with van der Waals surface area (Å²) in [6.45, 7) is 6.51. The van der Waals surface area contributed by atoms with E-state index in [1.165, 1.54) is 199 Å². The lowest BCUT2D eigenvalue weighted by Gasteiger charge is -2.18. The van der Waals surface area contributed by atoms with Crippen molar-refractivity contribution in [3.8, 4) is 0 Å². The average molecular weight is 1060 g/mol. The van der Waals surface area contributed by atoms with Crippen molar-refractivity contribution in [1.29, 1.82) is 0 Å². The molecule has 6 heteroatoms. The van der Waals surface area contributed by atoms with E-state index in [9.17, 15) is 14.4 Å². The fourth-order valence-corrected chi connectivity index (χ4v) is 9.29. The molecule has 0 bridgehead atoms. The second-order valence-corrected chi connectivity index (χ2v) is 21.6. The van der Waals surface area contributed by atoms with Crippen LogP contribution in [0.1, 0.15) is 323 Å². The van der Waals surface area contributed by atoms with Crippen molar-refractivity contribution in [3.63, 3.8) is 0 Å². The first-order valence-corrected chi connectivity index (χ1v) is 32.6. The maximum atomic E-state index is 12.9. The van der Waals surface area contributed by atoms with E-state index in [0.29, 0.717) is 19.3 Å². The molecular weight excluding hydrogens is 937 g/mol. The fourth-order valence-electron chi connectivity index (χ4n) is 9.29. The lowest BCUT2D eigenvalue weighted by molar-refractivity contribution is -0.166. The van der Waals surface area contributed by atoms with Crippen molar-refractivity contribution in [1.82, 2.24) is 0 Å². The molecule has 0 aromatic heterocycles. The third-order valence-electron chi connectivity index (χ3n) is 14.1. The van der Waals surface area contributed by atoms with Gasteiger partial charge in [-0.15, -0.1) is 0 Å². The van der Waals surface area contributed by atoms with Gasteiger partial charge in [-0.2, -0.15) is 0 Å². The molecule has 1 atom stereocenters. The van der Waals surface area contributed by atoms with Gasteiger partial charge in [-0.25, -0.2) is 0 Å². The molecule has 0 amide bonds. The molecule has 0 spiro atoms. The third-order valence-corrected chi connectivity index (χ3v) is 14.1. The predicted octanol–water partition coefficient (Wildman–Crippen LogP) is 22.3. The zero-order valence-corrected chi connectivity index (χ0v) is 50.3. The van der Waals surface area contributed by atoms with Gasteiger partial charge in [0.05, 0.1) is 0 Å². The largest absolute Gasteiger partial charge is 0.462 e. The first kappa shape index (κ1) is 72.6. The third kappa shape index (κ3) is 61.4. The number of hydrogen-bond donors (Lipinski definition) is 0. The summed E-state index contributed by atoms with van der Waals surface area (Å²) in [5, 5.41) is 0. The Morgan fingerprint density at radius 1 is 0.276 bits per heavy atom. The SMILES string of the molecule is CC/C=C\C/C=C\C/C=C\C/C=C\C/C=C\C/C=C\CCC(=O)OC(COC(=O)CCCCCCCCCCCCC/C=C\CCCCCCCCCC)COC(=O)CCCCCCCCCCCCCCCCCC. The number of unbranched alkanes of at least 4 members (excludes halogenated alkanes) is 34. The highest BCUT2D eigenvalue weighted by Crippen LogP contribution is 2.17. The molecule has 0 saturated carbocycles. The highest BCUT2D eigenvalue weighted by Gasteiger charge is 2.19. The molecule has 0 aliphatic heterocycles. The Hall–Kier alpha value is -3.41. The van der Waals surface area contributed by atoms with Gasteiger partial charge in [-0.3, -0.25) is 14.4 Å². The second kappa shape index (κ2) is 64.1. The van der Waals surface area contributed by atoms with Crippen molar-refractivity contribution in [2.45, 2.75) is 329 Å². The lowest BCUT2D eigenvalue weighted by Crippen LogP contribution is -2.30. The quantitative estimate of drug-likeness (QED) is 0.0261. The Balaban J connectivity index is 4.42. The summed E-state index contributed by atoms with van der Waals surface area (Å²) in [7, 11) is 0. The van der Waals surface area contributed by atoms with Gasteiger partial charge in [0, 0.05) is 19.3 Å². The van der Waals surface area contributed by atoms with Gasteiger partial charge in [-0.1, -0.05) is 305 Å². The van der Waals surface area contributed by atoms with E-state index in [1.54, 1.807) is 0 Å². The smallest absolute Gasteiger partial charge is 0.306 e. The van der Waals surface area contributed by atoms with Crippen LogP contribution in [0.5, 0.6) is 0 Å². The molecule has 6 nitrogen and oxygen atoms in total. The molecule has 76 heavy (non-hydrogen) atoms. The van der Waals surface area contributed by atoms with Crippen LogP contribution in [0.25, 0.3) is 0 Å². The zero-order valence-electron chi connectivity index (χ0n) is 50.3. The number of allylic oxidation sites excluding steroid dienone is 14. The number of ether oxygens (including phenoxy) is 3. The van der Waals surface area contributed by atoms with E-state index in [2.05, 4.69) is 99.8 Å². The molecule has 1 unspecified atom stereocenters. The monoisotopic (exact) mass is 1060 g/mol. The fraction of sp³-hybridized carbons (Fsp3) is 0.757. The van der Waals surface area contributed by atoms with E-state index < -0.39 is 6.10 Å². The van der Waals surface area contributed by atoms with Crippen LogP contribution in [0.15, 0.2) is 85.1 Å². The van der Waals surface area contributed by atoms with Gasteiger partial charge in [0.1, 0.15) is 13.2 Å². The van der Waals surface area contributed by atoms with Crippen molar-refractivity contribution in [2.75, 3.05) is 13.2 Å². The molecule has 0 fully saturated rings. The topological polar surface area (TPSA) is 78.9 Å². The standard InChI is InChI=1S/C70H122O6/c1-4-7-10-13-16-19-22-25-28-31-33-34-35-36-38-39-42-45-48-51-54-57-60-63-69(72)75-66-67(65-74-68(71)62-59-56-53-50-47-44-41-30-27-24-21-18-15-12-9-6-3)76-70(73)64-61-58-55-52-49-46-43-40-37-32-29-26-23-20-17-14-11-8-5-2/h8,11,17,20,26,29,31,33,37,40,46,49,55,58,67H,4-7,9-10,12-16,18-19,21-25,27-28,30,32,34-36,38-39,41-45,47-48,50-54,56-57,59-66H2,1-3H3/b11-8-,20-17-,29-26-,33-31-,40-37-,49-46-,58-55-. The summed E-state index contributed by atoms with van der Waals surface area (Å²) in [4.78, 5) is 38.3. The number of esters is 3. The number of carbonyl (C=O) groups is 3. The summed E-state index contributed by atoms with van der Waals surface area (Å²) in [5.41, 5.74) is 0. The van der Waals surface area contributed by atoms with E-state index in [-0.39, 0.29) is 37.5 Å². The summed E-state index contributed by atoms with van der Waals surface area (Å²) in [6.07, 6.45) is 84.6. The Kier molecular flexibility index (Phi) is 61.2. The predicted molar refractivity (Wildman–Crippen MR) is 330 cm³/mol. The van der Waals surface area contributed by atoms with Crippen LogP contribution in [-0.4, -0.2) is 37.2 Å². The number of carbonyl (C=O) groups excluding carboxylic acids is 3. The molecule has 0 rings (SSSR count). The number of rotatable bonds is 59. The van der Waals surface area contributed by atoms with Crippen LogP contribution in [0.2, 0.25) is 0 Å². The van der Waals surface area contributed by atoms with E-state index >= 15 is 0 Å². The molecule has 0 heterocycles. The molecular formula is C70H122O6. The van der Waals surface area contributed by atoms with Crippen LogP contribution < -0.4 is 0 Å². The van der Waals surface area contributed by atoms with Crippen molar-refractivity contribution >= 4 is 17.9 Å². The molecule has 0 aromatic rings. The normalized spacial score (nSPS) is 12.6. The van der Waals surface area contributed by atoms with Crippen LogP contribution in [0, 0.1) is 0 Å². The van der Waals surface area contributed by atoms with Gasteiger partial charge in [0.15, 0.2) is 6.10 Å². The molecule has 0 saturated heterocycles. The summed E-state index contributed by atoms with van der Waals surface area (Å²) >= 11 is 0. The Morgan fingerprint density at radius 3 is 0.855 bits per heavy atom. The highest BCUT2D eigenvalue weighted by atomic mass is 16.6. The number of hydrogen-bond acceptors (Lipinski definition) is 6. The average Bonchev–Trinajstić information content (AvgIpc) is 3.42. The maximum Gasteiger partial charge on any atom is 0.306 e. The van der Waals surface area contributed by atoms with Gasteiger partial charge < -0.3 is 14.2 Å². The first-order valence-electron chi connectivity index (χ1n) is 32.6. The molecule has 0 aromatic carbocycles. The maximum absolute atomic E-state index is 12.9. The molecule has 0 aliphatic carbocycles. The van der Waals surface area contributed by atoms with Gasteiger partial charge in [-0.05, 0) is 83.5 Å². The minimum atomic E-state index is -0.817. The lowest BCUT2D eigenvalue weighted by atomic mass is 10.0. The molecule has 438 valence electrons. The summed E-state index contributed by atoms with van der Waals surface area (Å²) in [6, 6.07) is 0. The van der Waals surface area contributed by atoms with E-state index in [1.807, 2.05) is 6.08 Å². The van der Waals surface area contributed by atoms with Gasteiger partial charge in [0.2, 0.25) is 0 Å². The zero-order chi connectivity index (χ0) is 55.0. The molecule has 0 N–H and O–H groups in total. The minimum absolute atomic E-state index is 0.104. The Bertz CT molecular complexity index is 1450. The molecule has 0 aliphatic rings. The second-order valence-electron chi connectivity index (χ2n) is 21.6. The van der Waals surface area contributed by atoms with Gasteiger partial charge >= 0.3 is 17.9 Å². The van der Waals surface area contributed by atoms with Crippen molar-refractivity contribution in [3.05, 3.63) is 85.1 Å². The van der Waals surface area contributed by atoms with Gasteiger partial charge in [0.25, 0.3) is 0 Å². The first-order chi connectivity index (χ1) is 37.5. The van der Waals surface area contributed by atoms with Crippen LogP contribution >= 0.6 is 0 Å². The van der Waals surface area contributed by atoms with Crippen LogP contribution in [0.4, 0.5) is 0 Å². The van der Waals surface area contributed by atoms with E-state index in [0.717, 1.165) is 77.0 Å². The van der Waals surface area contributed by atoms with Crippen molar-refractivity contribution < 1.29 is 28.6 Å². The Labute approximate surface area is 471 Å². The van der Waals surface area contributed by atoms with Crippen molar-refractivity contribution in [2.24, 2.45) is 0 Å².